The quantitative estimate of drug-likeness (QED) is 0.841. The minimum atomic E-state index is -0.377. The van der Waals surface area contributed by atoms with Crippen molar-refractivity contribution in [1.82, 2.24) is 4.90 Å². The molecular weight excluding hydrogens is 364 g/mol. The van der Waals surface area contributed by atoms with Crippen molar-refractivity contribution in [3.8, 4) is 0 Å². The number of likely N-dealkylation sites (tertiary alicyclic amines) is 1. The molecule has 0 radical (unpaired) electrons. The maximum absolute atomic E-state index is 12.6. The van der Waals surface area contributed by atoms with Gasteiger partial charge in [0, 0.05) is 36.9 Å². The monoisotopic (exact) mass is 392 g/mol. The molecule has 3 aliphatic heterocycles. The third kappa shape index (κ3) is 3.53. The first-order valence-corrected chi connectivity index (χ1v) is 10.6. The van der Waals surface area contributed by atoms with Gasteiger partial charge in [0.05, 0.1) is 24.7 Å². The number of aryl methyl sites for hydroxylation is 1. The van der Waals surface area contributed by atoms with Gasteiger partial charge in [-0.25, -0.2) is 0 Å². The smallest absolute Gasteiger partial charge is 0.227 e. The number of hydrogen-bond acceptors (Lipinski definition) is 4. The van der Waals surface area contributed by atoms with E-state index in [-0.39, 0.29) is 24.2 Å². The minimum Gasteiger partial charge on any atom is -0.391 e. The summed E-state index contributed by atoms with van der Waals surface area (Å²) in [5.41, 5.74) is 5.87. The first kappa shape index (κ1) is 18.6. The summed E-state index contributed by atoms with van der Waals surface area (Å²) in [6, 6.07) is 15.2. The largest absolute Gasteiger partial charge is 0.391 e. The van der Waals surface area contributed by atoms with Gasteiger partial charge in [-0.15, -0.1) is 0 Å². The molecule has 0 aromatic heterocycles. The highest BCUT2D eigenvalue weighted by atomic mass is 16.5. The summed E-state index contributed by atoms with van der Waals surface area (Å²) in [5.74, 6) is 0.482. The highest BCUT2D eigenvalue weighted by Gasteiger charge is 2.41. The van der Waals surface area contributed by atoms with Crippen LogP contribution in [-0.2, 0) is 16.0 Å². The number of nitrogens with zero attached hydrogens (tertiary/aromatic N) is 1. The zero-order chi connectivity index (χ0) is 20.0. The molecule has 0 spiro atoms. The average Bonchev–Trinajstić information content (AvgIpc) is 3.37. The van der Waals surface area contributed by atoms with Gasteiger partial charge in [0.1, 0.15) is 0 Å². The number of anilines is 1. The summed E-state index contributed by atoms with van der Waals surface area (Å²) in [6.45, 7) is 4.01. The summed E-state index contributed by atoms with van der Waals surface area (Å²) < 4.78 is 6.17. The Kier molecular flexibility index (Phi) is 4.80. The van der Waals surface area contributed by atoms with Gasteiger partial charge < -0.3 is 20.1 Å². The summed E-state index contributed by atoms with van der Waals surface area (Å²) in [6.07, 6.45) is 1.78. The van der Waals surface area contributed by atoms with E-state index >= 15 is 0 Å². The predicted octanol–water partition coefficient (Wildman–Crippen LogP) is 3.38. The standard InChI is InChI=1S/C24H28N2O3/c1-15-3-2-4-17(11-15)23-19-8-10-29-24(19)20-12-16(5-6-21(20)25-23)13-22(28)26-9-7-18(27)14-26/h2-6,11-12,18-19,23-25,27H,7-10,13-14H2,1H3/t18-,19?,23-,24-/m1/s1. The van der Waals surface area contributed by atoms with E-state index < -0.39 is 0 Å². The SMILES string of the molecule is Cc1cccc([C@H]2Nc3ccc(CC(=O)N4CC[C@@H](O)C4)cc3[C@@H]3OCCC23)c1. The Labute approximate surface area is 171 Å². The van der Waals surface area contributed by atoms with Crippen LogP contribution in [0.3, 0.4) is 0 Å². The second-order valence-corrected chi connectivity index (χ2v) is 8.66. The summed E-state index contributed by atoms with van der Waals surface area (Å²) in [4.78, 5) is 14.4. The van der Waals surface area contributed by atoms with E-state index in [4.69, 9.17) is 4.74 Å². The van der Waals surface area contributed by atoms with Crippen molar-refractivity contribution in [1.29, 1.82) is 0 Å². The number of benzene rings is 2. The lowest BCUT2D eigenvalue weighted by Crippen LogP contribution is -2.31. The van der Waals surface area contributed by atoms with Gasteiger partial charge >= 0.3 is 0 Å². The first-order valence-electron chi connectivity index (χ1n) is 10.6. The van der Waals surface area contributed by atoms with Gasteiger partial charge in [-0.2, -0.15) is 0 Å². The number of fused-ring (bicyclic) bond motifs is 3. The third-order valence-corrected chi connectivity index (χ3v) is 6.57. The number of carbonyl (C=O) groups excluding carboxylic acids is 1. The van der Waals surface area contributed by atoms with E-state index in [1.54, 1.807) is 4.90 Å². The first-order chi connectivity index (χ1) is 14.1. The Morgan fingerprint density at radius 1 is 1.24 bits per heavy atom. The number of β-amino-alcohol motifs (C(OH)–C–C–N with tert-alkyl or cyclic N) is 1. The molecular formula is C24H28N2O3. The van der Waals surface area contributed by atoms with E-state index in [1.165, 1.54) is 16.7 Å². The molecule has 5 nitrogen and oxygen atoms in total. The zero-order valence-corrected chi connectivity index (χ0v) is 16.8. The number of nitrogens with one attached hydrogen (secondary N) is 1. The molecule has 0 bridgehead atoms. The van der Waals surface area contributed by atoms with Crippen LogP contribution in [0.1, 0.15) is 47.2 Å². The lowest BCUT2D eigenvalue weighted by Gasteiger charge is -2.37. The van der Waals surface area contributed by atoms with Crippen molar-refractivity contribution in [2.45, 2.75) is 44.4 Å². The second kappa shape index (κ2) is 7.47. The maximum atomic E-state index is 12.6. The predicted molar refractivity (Wildman–Crippen MR) is 112 cm³/mol. The van der Waals surface area contributed by atoms with E-state index in [1.807, 2.05) is 6.07 Å². The van der Waals surface area contributed by atoms with Crippen LogP contribution in [0.2, 0.25) is 0 Å². The Morgan fingerprint density at radius 2 is 2.14 bits per heavy atom. The van der Waals surface area contributed by atoms with Gasteiger partial charge in [-0.3, -0.25) is 4.79 Å². The lowest BCUT2D eigenvalue weighted by molar-refractivity contribution is -0.129. The van der Waals surface area contributed by atoms with Crippen LogP contribution < -0.4 is 5.32 Å². The van der Waals surface area contributed by atoms with Crippen LogP contribution in [0.15, 0.2) is 42.5 Å². The van der Waals surface area contributed by atoms with Crippen molar-refractivity contribution in [3.63, 3.8) is 0 Å². The fraction of sp³-hybridized carbons (Fsp3) is 0.458. The van der Waals surface area contributed by atoms with Crippen molar-refractivity contribution < 1.29 is 14.6 Å². The molecule has 2 saturated heterocycles. The van der Waals surface area contributed by atoms with Crippen LogP contribution in [0.5, 0.6) is 0 Å². The van der Waals surface area contributed by atoms with Crippen molar-refractivity contribution >= 4 is 11.6 Å². The molecule has 2 N–H and O–H groups in total. The molecule has 2 fully saturated rings. The third-order valence-electron chi connectivity index (χ3n) is 6.57. The maximum Gasteiger partial charge on any atom is 0.227 e. The van der Waals surface area contributed by atoms with Crippen LogP contribution in [0.25, 0.3) is 0 Å². The Hall–Kier alpha value is -2.37. The van der Waals surface area contributed by atoms with Gasteiger partial charge in [0.2, 0.25) is 5.91 Å². The van der Waals surface area contributed by atoms with Gasteiger partial charge in [0.15, 0.2) is 0 Å². The van der Waals surface area contributed by atoms with Crippen molar-refractivity contribution in [3.05, 3.63) is 64.7 Å². The van der Waals surface area contributed by atoms with Crippen molar-refractivity contribution in [2.75, 3.05) is 25.0 Å². The topological polar surface area (TPSA) is 61.8 Å². The van der Waals surface area contributed by atoms with Crippen LogP contribution >= 0.6 is 0 Å². The molecule has 2 aromatic rings. The number of aliphatic hydroxyl groups is 1. The molecule has 3 aliphatic rings. The van der Waals surface area contributed by atoms with E-state index in [2.05, 4.69) is 48.6 Å². The zero-order valence-electron chi connectivity index (χ0n) is 16.8. The van der Waals surface area contributed by atoms with Crippen LogP contribution in [-0.4, -0.2) is 41.7 Å². The van der Waals surface area contributed by atoms with E-state index in [0.717, 1.165) is 24.3 Å². The molecule has 152 valence electrons. The average molecular weight is 392 g/mol. The van der Waals surface area contributed by atoms with Crippen molar-refractivity contribution in [2.24, 2.45) is 5.92 Å². The molecule has 1 unspecified atom stereocenters. The molecule has 5 rings (SSSR count). The van der Waals surface area contributed by atoms with Crippen LogP contribution in [0, 0.1) is 12.8 Å². The number of amides is 1. The number of aliphatic hydroxyl groups excluding tert-OH is 1. The molecule has 4 atom stereocenters. The van der Waals surface area contributed by atoms with E-state index in [0.29, 0.717) is 31.8 Å². The number of rotatable bonds is 3. The number of hydrogen-bond donors (Lipinski definition) is 2. The second-order valence-electron chi connectivity index (χ2n) is 8.66. The molecule has 5 heteroatoms. The lowest BCUT2D eigenvalue weighted by atomic mass is 9.80. The summed E-state index contributed by atoms with van der Waals surface area (Å²) in [5, 5.41) is 13.4. The molecule has 1 amide bonds. The molecule has 29 heavy (non-hydrogen) atoms. The summed E-state index contributed by atoms with van der Waals surface area (Å²) >= 11 is 0. The normalized spacial score (nSPS) is 28.0. The number of ether oxygens (including phenoxy) is 1. The Bertz CT molecular complexity index is 928. The number of carbonyl (C=O) groups is 1. The molecule has 3 heterocycles. The summed E-state index contributed by atoms with van der Waals surface area (Å²) in [7, 11) is 0. The minimum absolute atomic E-state index is 0.0698. The highest BCUT2D eigenvalue weighted by molar-refractivity contribution is 5.79. The molecule has 2 aromatic carbocycles. The van der Waals surface area contributed by atoms with Gasteiger partial charge in [-0.1, -0.05) is 42.0 Å². The van der Waals surface area contributed by atoms with Gasteiger partial charge in [0.25, 0.3) is 0 Å². The fourth-order valence-electron chi connectivity index (χ4n) is 5.08. The molecule has 0 saturated carbocycles. The Morgan fingerprint density at radius 3 is 2.93 bits per heavy atom. The molecule has 0 aliphatic carbocycles. The Balaban J connectivity index is 1.40. The fourth-order valence-corrected chi connectivity index (χ4v) is 5.08. The van der Waals surface area contributed by atoms with Gasteiger partial charge in [-0.05, 0) is 37.0 Å². The van der Waals surface area contributed by atoms with E-state index in [9.17, 15) is 9.90 Å². The highest BCUT2D eigenvalue weighted by Crippen LogP contribution is 2.50. The van der Waals surface area contributed by atoms with Crippen LogP contribution in [0.4, 0.5) is 5.69 Å².